The number of aliphatic imine (C=N–C) groups is 1. The van der Waals surface area contributed by atoms with E-state index in [0.717, 1.165) is 10.6 Å². The maximum Gasteiger partial charge on any atom is 0.397 e. The molecule has 0 N–H and O–H groups in total. The predicted octanol–water partition coefficient (Wildman–Crippen LogP) is 1.90. The minimum absolute atomic E-state index is 0.145. The summed E-state index contributed by atoms with van der Waals surface area (Å²) < 4.78 is 21.4. The summed E-state index contributed by atoms with van der Waals surface area (Å²) in [5.74, 6) is 1.18. The Labute approximate surface area is 178 Å². The molecule has 9 heteroatoms. The monoisotopic (exact) mass is 422 g/mol. The summed E-state index contributed by atoms with van der Waals surface area (Å²) in [6.07, 6.45) is 0. The van der Waals surface area contributed by atoms with Crippen molar-refractivity contribution in [1.82, 2.24) is 9.80 Å². The van der Waals surface area contributed by atoms with E-state index in [1.807, 2.05) is 33.7 Å². The number of imide groups is 1. The van der Waals surface area contributed by atoms with Crippen LogP contribution in [0.4, 0.5) is 14.9 Å². The van der Waals surface area contributed by atoms with Crippen LogP contribution < -0.4 is 9.64 Å². The molecular formula is C22H21FN5O3+. The number of amidine groups is 1. The Morgan fingerprint density at radius 2 is 1.84 bits per heavy atom. The minimum atomic E-state index is -0.573. The fourth-order valence-electron chi connectivity index (χ4n) is 4.08. The van der Waals surface area contributed by atoms with Gasteiger partial charge in [0.25, 0.3) is 5.91 Å². The van der Waals surface area contributed by atoms with E-state index in [4.69, 9.17) is 4.74 Å². The van der Waals surface area contributed by atoms with E-state index in [9.17, 15) is 14.0 Å². The highest BCUT2D eigenvalue weighted by Gasteiger charge is 2.54. The van der Waals surface area contributed by atoms with Crippen LogP contribution in [0.2, 0.25) is 0 Å². The maximum atomic E-state index is 13.8. The van der Waals surface area contributed by atoms with Crippen LogP contribution in [0.15, 0.2) is 53.5 Å². The summed E-state index contributed by atoms with van der Waals surface area (Å²) in [5, 5.41) is 0. The van der Waals surface area contributed by atoms with E-state index in [1.165, 1.54) is 18.0 Å². The van der Waals surface area contributed by atoms with Gasteiger partial charge in [-0.25, -0.2) is 18.7 Å². The number of fused-ring (bicyclic) bond motifs is 2. The van der Waals surface area contributed by atoms with Gasteiger partial charge in [0.1, 0.15) is 30.4 Å². The number of likely N-dealkylation sites (N-methyl/N-ethyl adjacent to an activating group) is 2. The predicted molar refractivity (Wildman–Crippen MR) is 112 cm³/mol. The molecule has 0 saturated carbocycles. The number of rotatable bonds is 4. The molecule has 3 aliphatic rings. The van der Waals surface area contributed by atoms with E-state index < -0.39 is 6.04 Å². The van der Waals surface area contributed by atoms with Crippen LogP contribution in [0.5, 0.6) is 5.75 Å². The number of anilines is 1. The van der Waals surface area contributed by atoms with Crippen LogP contribution in [0, 0.1) is 5.82 Å². The Balaban J connectivity index is 1.35. The molecule has 158 valence electrons. The standard InChI is InChI=1S/C22H21FN5O3/c1-25-19-18(20(29)26(2)22(25)30)28-12-11-27(21(28)24-19)15-7-9-16(10-8-15)31-13-14-5-3-4-6-17(14)23/h3-10,18H,11-13H2,1-2H3/q+1. The van der Waals surface area contributed by atoms with Gasteiger partial charge in [-0.3, -0.25) is 14.6 Å². The van der Waals surface area contributed by atoms with Crippen LogP contribution in [-0.2, 0) is 11.4 Å². The molecule has 0 spiro atoms. The first kappa shape index (κ1) is 19.2. The number of carbonyl (C=O) groups is 2. The smallest absolute Gasteiger partial charge is 0.397 e. The van der Waals surface area contributed by atoms with Crippen LogP contribution in [0.25, 0.3) is 0 Å². The number of nitrogens with zero attached hydrogens (tertiary/aromatic N) is 5. The highest BCUT2D eigenvalue weighted by molar-refractivity contribution is 6.24. The van der Waals surface area contributed by atoms with Crippen molar-refractivity contribution in [2.75, 3.05) is 32.1 Å². The van der Waals surface area contributed by atoms with Gasteiger partial charge < -0.3 is 4.74 Å². The number of benzene rings is 2. The second-order valence-corrected chi connectivity index (χ2v) is 7.63. The Morgan fingerprint density at radius 3 is 2.58 bits per heavy atom. The molecule has 0 aromatic heterocycles. The van der Waals surface area contributed by atoms with Crippen LogP contribution in [0.1, 0.15) is 5.56 Å². The first-order valence-electron chi connectivity index (χ1n) is 9.97. The molecule has 0 radical (unpaired) electrons. The molecular weight excluding hydrogens is 401 g/mol. The number of amides is 3. The lowest BCUT2D eigenvalue weighted by atomic mass is 10.1. The topological polar surface area (TPSA) is 68.5 Å². The van der Waals surface area contributed by atoms with Crippen molar-refractivity contribution in [3.63, 3.8) is 0 Å². The fraction of sp³-hybridized carbons (Fsp3) is 0.273. The zero-order valence-electron chi connectivity index (χ0n) is 17.2. The van der Waals surface area contributed by atoms with Crippen LogP contribution in [0.3, 0.4) is 0 Å². The van der Waals surface area contributed by atoms with Crippen molar-refractivity contribution in [2.45, 2.75) is 12.6 Å². The van der Waals surface area contributed by atoms with Gasteiger partial charge in [0.15, 0.2) is 0 Å². The van der Waals surface area contributed by atoms with E-state index in [2.05, 4.69) is 4.99 Å². The van der Waals surface area contributed by atoms with Crippen LogP contribution in [-0.4, -0.2) is 71.3 Å². The lowest BCUT2D eigenvalue weighted by Gasteiger charge is -2.31. The van der Waals surface area contributed by atoms with Crippen molar-refractivity contribution in [3.8, 4) is 5.75 Å². The van der Waals surface area contributed by atoms with Gasteiger partial charge >= 0.3 is 12.0 Å². The summed E-state index contributed by atoms with van der Waals surface area (Å²) in [6, 6.07) is 13.0. The lowest BCUT2D eigenvalue weighted by Crippen LogP contribution is -2.61. The molecule has 1 saturated heterocycles. The van der Waals surface area contributed by atoms with E-state index in [1.54, 1.807) is 25.2 Å². The van der Waals surface area contributed by atoms with Gasteiger partial charge in [-0.05, 0) is 30.3 Å². The largest absolute Gasteiger partial charge is 0.489 e. The number of ether oxygens (including phenoxy) is 1. The van der Waals surface area contributed by atoms with Gasteiger partial charge in [-0.15, -0.1) is 0 Å². The summed E-state index contributed by atoms with van der Waals surface area (Å²) in [5.41, 5.74) is 1.39. The average molecular weight is 422 g/mol. The molecule has 8 nitrogen and oxygen atoms in total. The van der Waals surface area contributed by atoms with Gasteiger partial charge in [0.05, 0.1) is 6.54 Å². The number of guanidine groups is 1. The fourth-order valence-corrected chi connectivity index (χ4v) is 4.08. The zero-order chi connectivity index (χ0) is 21.7. The highest BCUT2D eigenvalue weighted by Crippen LogP contribution is 2.28. The molecule has 3 aliphatic heterocycles. The van der Waals surface area contributed by atoms with Crippen molar-refractivity contribution in [2.24, 2.45) is 4.99 Å². The number of hydrogen-bond donors (Lipinski definition) is 0. The number of carbonyl (C=O) groups excluding carboxylic acids is 2. The van der Waals surface area contributed by atoms with Gasteiger partial charge in [0.2, 0.25) is 11.9 Å². The number of hydrogen-bond acceptors (Lipinski definition) is 5. The van der Waals surface area contributed by atoms with Crippen molar-refractivity contribution in [3.05, 3.63) is 59.9 Å². The number of urea groups is 1. The Kier molecular flexibility index (Phi) is 4.46. The summed E-state index contributed by atoms with van der Waals surface area (Å²) in [4.78, 5) is 34.1. The molecule has 1 fully saturated rings. The second kappa shape index (κ2) is 7.19. The lowest BCUT2D eigenvalue weighted by molar-refractivity contribution is -0.525. The highest BCUT2D eigenvalue weighted by atomic mass is 19.1. The molecule has 3 heterocycles. The minimum Gasteiger partial charge on any atom is -0.489 e. The average Bonchev–Trinajstić information content (AvgIpc) is 3.36. The van der Waals surface area contributed by atoms with Crippen molar-refractivity contribution >= 4 is 29.4 Å². The molecule has 0 aliphatic carbocycles. The zero-order valence-corrected chi connectivity index (χ0v) is 17.2. The van der Waals surface area contributed by atoms with Crippen LogP contribution >= 0.6 is 0 Å². The first-order valence-corrected chi connectivity index (χ1v) is 9.97. The Morgan fingerprint density at radius 1 is 1.10 bits per heavy atom. The molecule has 0 bridgehead atoms. The molecule has 1 unspecified atom stereocenters. The van der Waals surface area contributed by atoms with Crippen molar-refractivity contribution in [1.29, 1.82) is 0 Å². The third-order valence-electron chi connectivity index (χ3n) is 5.82. The molecule has 3 amide bonds. The van der Waals surface area contributed by atoms with E-state index >= 15 is 0 Å². The normalized spacial score (nSPS) is 20.3. The SMILES string of the molecule is CN1C(=O)C2C(=NC3=[N+]2CCN3c2ccc(OCc3ccccc3F)cc2)N(C)C1=O. The van der Waals surface area contributed by atoms with Gasteiger partial charge in [-0.1, -0.05) is 23.2 Å². The maximum absolute atomic E-state index is 13.8. The first-order chi connectivity index (χ1) is 15.0. The molecule has 2 aromatic carbocycles. The summed E-state index contributed by atoms with van der Waals surface area (Å²) >= 11 is 0. The molecule has 5 rings (SSSR count). The van der Waals surface area contributed by atoms with E-state index in [0.29, 0.717) is 36.2 Å². The van der Waals surface area contributed by atoms with Gasteiger partial charge in [-0.2, -0.15) is 0 Å². The Bertz CT molecular complexity index is 1140. The third-order valence-corrected chi connectivity index (χ3v) is 5.82. The molecule has 1 atom stereocenters. The summed E-state index contributed by atoms with van der Waals surface area (Å²) in [7, 11) is 3.12. The third kappa shape index (κ3) is 3.04. The quantitative estimate of drug-likeness (QED) is 0.706. The number of halogens is 1. The van der Waals surface area contributed by atoms with E-state index in [-0.39, 0.29) is 24.4 Å². The van der Waals surface area contributed by atoms with Crippen molar-refractivity contribution < 1.29 is 23.3 Å². The summed E-state index contributed by atoms with van der Waals surface area (Å²) in [6.45, 7) is 1.44. The Hall–Kier alpha value is -3.75. The molecule has 31 heavy (non-hydrogen) atoms. The van der Waals surface area contributed by atoms with Gasteiger partial charge in [0, 0.05) is 19.7 Å². The second-order valence-electron chi connectivity index (χ2n) is 7.63. The molecule has 2 aromatic rings.